The number of primary amides is 1. The number of fused-ring (bicyclic) bond motifs is 1. The minimum absolute atomic E-state index is 0.00671. The van der Waals surface area contributed by atoms with E-state index >= 15 is 0 Å². The number of benzene rings is 2. The van der Waals surface area contributed by atoms with E-state index in [1.54, 1.807) is 42.6 Å². The van der Waals surface area contributed by atoms with Gasteiger partial charge in [-0.15, -0.1) is 5.10 Å². The number of aryl methyl sites for hydroxylation is 1. The first-order chi connectivity index (χ1) is 57.4. The molecule has 0 saturated carbocycles. The zero-order valence-electron chi connectivity index (χ0n) is 68.1. The number of aromatic amines is 3. The highest BCUT2D eigenvalue weighted by atomic mass is 32.2. The Morgan fingerprint density at radius 1 is 0.630 bits per heavy atom. The van der Waals surface area contributed by atoms with Crippen LogP contribution in [0.2, 0.25) is 0 Å². The van der Waals surface area contributed by atoms with Crippen molar-refractivity contribution in [2.75, 3.05) is 58.4 Å². The lowest BCUT2D eigenvalue weighted by atomic mass is 10.0. The monoisotopic (exact) mass is 1680 g/mol. The molecule has 1 aliphatic heterocycles. The van der Waals surface area contributed by atoms with Gasteiger partial charge >= 0.3 is 0 Å². The summed E-state index contributed by atoms with van der Waals surface area (Å²) >= 11 is 0. The van der Waals surface area contributed by atoms with E-state index in [9.17, 15) is 66.0 Å². The van der Waals surface area contributed by atoms with Crippen LogP contribution < -0.4 is 80.4 Å². The number of guanidine groups is 1. The molecule has 0 aliphatic carbocycles. The van der Waals surface area contributed by atoms with Gasteiger partial charge in [0.25, 0.3) is 0 Å². The number of aromatic nitrogens is 7. The quantitative estimate of drug-likeness (QED) is 0.0142. The molecule has 1 aliphatic rings. The fraction of sp³-hybridized carbons (Fsp3) is 0.608. The van der Waals surface area contributed by atoms with Crippen LogP contribution in [0.5, 0.6) is 0 Å². The number of carbonyl (C=O) groups is 12. The number of carbonyl (C=O) groups excluding carboxylic acids is 12. The Hall–Kier alpha value is -11.0. The summed E-state index contributed by atoms with van der Waals surface area (Å²) in [7, 11) is -3.93. The van der Waals surface area contributed by atoms with Crippen molar-refractivity contribution in [3.63, 3.8) is 0 Å². The molecule has 4 heterocycles. The Morgan fingerprint density at radius 3 is 1.96 bits per heavy atom. The zero-order chi connectivity index (χ0) is 86.0. The minimum atomic E-state index is -3.93. The molecule has 656 valence electrons. The lowest BCUT2D eigenvalue weighted by Gasteiger charge is -2.28. The lowest BCUT2D eigenvalue weighted by molar-refractivity contribution is -0.136. The van der Waals surface area contributed by atoms with Crippen molar-refractivity contribution in [2.24, 2.45) is 17.2 Å². The van der Waals surface area contributed by atoms with Gasteiger partial charge in [-0.25, -0.2) is 18.5 Å². The molecule has 119 heavy (non-hydrogen) atoms. The molecule has 0 bridgehead atoms. The summed E-state index contributed by atoms with van der Waals surface area (Å²) in [4.78, 5) is 177. The summed E-state index contributed by atoms with van der Waals surface area (Å²) in [6.45, 7) is 0.885. The highest BCUT2D eigenvalue weighted by Crippen LogP contribution is 2.21. The van der Waals surface area contributed by atoms with Crippen molar-refractivity contribution in [1.29, 1.82) is 5.41 Å². The molecule has 5 aromatic rings. The molecule has 0 spiro atoms. The zero-order valence-corrected chi connectivity index (χ0v) is 68.9. The van der Waals surface area contributed by atoms with Gasteiger partial charge in [-0.05, 0) is 91.8 Å². The summed E-state index contributed by atoms with van der Waals surface area (Å²) in [5.41, 5.74) is 19.9. The number of nitrogens with one attached hydrogen (secondary N) is 16. The van der Waals surface area contributed by atoms with Crippen LogP contribution in [-0.2, 0) is 103 Å². The normalized spacial score (nSPS) is 18.1. The molecular formula is C79H123N23O16S. The van der Waals surface area contributed by atoms with Gasteiger partial charge in [0.05, 0.1) is 37.6 Å². The predicted molar refractivity (Wildman–Crippen MR) is 441 cm³/mol. The van der Waals surface area contributed by atoms with Crippen molar-refractivity contribution in [2.45, 2.75) is 248 Å². The van der Waals surface area contributed by atoms with E-state index in [0.717, 1.165) is 55.3 Å². The number of para-hydroxylation sites is 1. The van der Waals surface area contributed by atoms with Crippen LogP contribution in [0, 0.1) is 5.41 Å². The number of H-pyrrole nitrogens is 3. The fourth-order valence-corrected chi connectivity index (χ4v) is 14.4. The lowest BCUT2D eigenvalue weighted by Crippen LogP contribution is -2.61. The molecule has 2 aromatic carbocycles. The highest BCUT2D eigenvalue weighted by Gasteiger charge is 2.36. The number of amides is 12. The smallest absolute Gasteiger partial charge is 0.246 e. The molecule has 1 fully saturated rings. The topological polar surface area (TPSA) is 603 Å². The summed E-state index contributed by atoms with van der Waals surface area (Å²) in [5, 5.41) is 51.8. The maximum absolute atomic E-state index is 14.8. The van der Waals surface area contributed by atoms with E-state index in [2.05, 4.69) is 98.8 Å². The highest BCUT2D eigenvalue weighted by molar-refractivity contribution is 7.90. The first-order valence-corrected chi connectivity index (χ1v) is 43.1. The number of hydrogen-bond acceptors (Lipinski definition) is 22. The molecule has 8 atom stereocenters. The first-order valence-electron chi connectivity index (χ1n) is 41.4. The van der Waals surface area contributed by atoms with Crippen LogP contribution in [0.3, 0.4) is 0 Å². The Morgan fingerprint density at radius 2 is 1.28 bits per heavy atom. The number of unbranched alkanes of at least 4 members (excludes halogenated alkanes) is 13. The van der Waals surface area contributed by atoms with Crippen LogP contribution in [-0.4, -0.2) is 228 Å². The number of rotatable bonds is 49. The second-order valence-corrected chi connectivity index (χ2v) is 31.5. The van der Waals surface area contributed by atoms with Gasteiger partial charge in [0.2, 0.25) is 80.9 Å². The number of nitrogens with zero attached hydrogens (tertiary/aromatic N) is 4. The number of ether oxygens (including phenoxy) is 2. The third-order valence-corrected chi connectivity index (χ3v) is 21.3. The Kier molecular flexibility index (Phi) is 44.7. The third-order valence-electron chi connectivity index (χ3n) is 19.9. The Balaban J connectivity index is 1.01. The van der Waals surface area contributed by atoms with Crippen LogP contribution in [0.1, 0.15) is 197 Å². The third kappa shape index (κ3) is 39.0. The van der Waals surface area contributed by atoms with Crippen molar-refractivity contribution in [3.8, 4) is 0 Å². The Bertz CT molecular complexity index is 4080. The van der Waals surface area contributed by atoms with Gasteiger partial charge < -0.3 is 95.1 Å². The van der Waals surface area contributed by atoms with E-state index in [1.165, 1.54) is 57.5 Å². The van der Waals surface area contributed by atoms with Gasteiger partial charge in [-0.1, -0.05) is 139 Å². The molecule has 12 amide bonds. The van der Waals surface area contributed by atoms with Gasteiger partial charge in [-0.2, -0.15) is 0 Å². The molecule has 1 saturated heterocycles. The van der Waals surface area contributed by atoms with Crippen molar-refractivity contribution in [1.82, 2.24) is 98.8 Å². The maximum atomic E-state index is 14.8. The number of tetrazole rings is 1. The second kappa shape index (κ2) is 54.9. The molecule has 39 nitrogen and oxygen atoms in total. The summed E-state index contributed by atoms with van der Waals surface area (Å²) in [6.07, 6.45) is 19.8. The van der Waals surface area contributed by atoms with Crippen LogP contribution in [0.4, 0.5) is 0 Å². The van der Waals surface area contributed by atoms with E-state index in [4.69, 9.17) is 32.1 Å². The SMILES string of the molecule is CCCC[C@H](NC(=O)[C@H](Cc1c[nH]cn1)NC(=O)COCCOCCNC(=O)CCCS(=O)(=O)NC(=O)CCCCCCCCCCCCCCCc1nnn[nH]1)C(=O)N[C@H]1CCC(=O)NCCCC[C@@H](C(N)=O)NC(=O)[C@H](Cc2c[nH]c3ccccc23)NC(=O)[C@H](CCCNC(=N)N)NC(=O)[C@@H](Cc2ccccc2)NC(=O)[C@H](CN)NC1=O. The van der Waals surface area contributed by atoms with Crippen molar-refractivity contribution < 1.29 is 75.4 Å². The fourth-order valence-electron chi connectivity index (χ4n) is 13.3. The van der Waals surface area contributed by atoms with E-state index in [1.807, 2.05) is 25.1 Å². The maximum Gasteiger partial charge on any atom is 0.246 e. The molecule has 0 radical (unpaired) electrons. The van der Waals surface area contributed by atoms with Gasteiger partial charge in [0, 0.05) is 94.4 Å². The van der Waals surface area contributed by atoms with Gasteiger partial charge in [0.1, 0.15) is 60.8 Å². The van der Waals surface area contributed by atoms with Crippen molar-refractivity contribution >= 4 is 97.8 Å². The molecule has 0 unspecified atom stereocenters. The van der Waals surface area contributed by atoms with E-state index < -0.39 is 148 Å². The Labute approximate surface area is 693 Å². The molecular weight excluding hydrogens is 1560 g/mol. The largest absolute Gasteiger partial charge is 0.377 e. The first kappa shape index (κ1) is 96.8. The van der Waals surface area contributed by atoms with Crippen molar-refractivity contribution in [3.05, 3.63) is 96.0 Å². The predicted octanol–water partition coefficient (Wildman–Crippen LogP) is 0.368. The minimum Gasteiger partial charge on any atom is -0.377 e. The van der Waals surface area contributed by atoms with E-state index in [0.29, 0.717) is 36.1 Å². The van der Waals surface area contributed by atoms with Crippen LogP contribution in [0.15, 0.2) is 73.3 Å². The molecule has 22 N–H and O–H groups in total. The average Bonchev–Trinajstić information content (AvgIpc) is 1.69. The standard InChI is InChI=1S/C79H123N23O16S/c1-2-3-29-59(92-77(113)64(47-55-50-84-52-89-55)90-70(106)51-118-43-42-117-41-40-86-67(103)35-25-44-119(115,116)100-69(105)34-19-14-12-10-8-6-4-5-7-9-11-13-18-33-66-98-101-102-99-66)72(108)94-61-36-37-68(104)85-38-23-22-31-58(71(81)107)91-76(112)63(46-54-49-88-57-30-21-20-28-56(54)57)96-73(109)60(32-24-39-87-79(82)83)93-75(111)62(45-53-26-16-15-17-27-53)95-78(114)65(48-80)97-74(61)110/h15-17,20-21,26-28,30,49-50,52,58-65,88H,2-14,18-19,22-25,29,31-48,51,80H2,1H3,(H2,81,107)(H,84,89)(H,85,104)(H,86,103)(H,90,106)(H,91,112)(H,92,113)(H,93,111)(H,94,108)(H,95,114)(H,96,109)(H,97,110)(H,100,105)(H4,82,83,87)(H,98,99,101,102)/t58-,59-,60-,61-,62+,63-,64-,65-/m0/s1. The number of hydrogen-bond donors (Lipinski definition) is 19. The summed E-state index contributed by atoms with van der Waals surface area (Å²) in [6, 6.07) is 4.35. The number of sulfonamides is 1. The van der Waals surface area contributed by atoms with Gasteiger partial charge in [0.15, 0.2) is 5.96 Å². The van der Waals surface area contributed by atoms with Crippen LogP contribution >= 0.6 is 0 Å². The molecule has 40 heteroatoms. The average molecular weight is 1680 g/mol. The molecule has 3 aromatic heterocycles. The second-order valence-electron chi connectivity index (χ2n) is 29.6. The van der Waals surface area contributed by atoms with E-state index in [-0.39, 0.29) is 135 Å². The summed E-state index contributed by atoms with van der Waals surface area (Å²) < 4.78 is 38.4. The van der Waals surface area contributed by atoms with Crippen LogP contribution in [0.25, 0.3) is 10.9 Å². The number of nitrogens with two attached hydrogens (primary N) is 3. The number of imidazole rings is 1. The summed E-state index contributed by atoms with van der Waals surface area (Å²) in [5.74, 6) is -9.31. The molecule has 6 rings (SSSR count). The van der Waals surface area contributed by atoms with Gasteiger partial charge in [-0.3, -0.25) is 67.7 Å².